The van der Waals surface area contributed by atoms with Crippen LogP contribution >= 0.6 is 0 Å². The lowest BCUT2D eigenvalue weighted by Crippen LogP contribution is -2.27. The summed E-state index contributed by atoms with van der Waals surface area (Å²) in [5.74, 6) is -0.883. The number of hydrogen-bond acceptors (Lipinski definition) is 3. The molecule has 1 heterocycles. The highest BCUT2D eigenvalue weighted by Gasteiger charge is 2.29. The molecule has 1 aliphatic rings. The molecule has 0 amide bonds. The monoisotopic (exact) mass is 271 g/mol. The largest absolute Gasteiger partial charge is 0.383 e. The van der Waals surface area contributed by atoms with Crippen molar-refractivity contribution in [3.05, 3.63) is 35.4 Å². The van der Waals surface area contributed by atoms with Gasteiger partial charge in [-0.05, 0) is 24.1 Å². The highest BCUT2D eigenvalue weighted by atomic mass is 19.1. The van der Waals surface area contributed by atoms with E-state index in [0.29, 0.717) is 18.8 Å². The molecule has 19 heavy (non-hydrogen) atoms. The number of ether oxygens (including phenoxy) is 2. The quantitative estimate of drug-likeness (QED) is 0.805. The molecule has 0 bridgehead atoms. The molecule has 1 saturated heterocycles. The zero-order chi connectivity index (χ0) is 13.7. The van der Waals surface area contributed by atoms with Gasteiger partial charge in [0.2, 0.25) is 0 Å². The summed E-state index contributed by atoms with van der Waals surface area (Å²) in [6.07, 6.45) is 0.656. The Balaban J connectivity index is 1.97. The molecule has 106 valence electrons. The van der Waals surface area contributed by atoms with E-state index in [4.69, 9.17) is 9.47 Å². The summed E-state index contributed by atoms with van der Waals surface area (Å²) in [7, 11) is 1.65. The molecule has 0 aromatic heterocycles. The third-order valence-electron chi connectivity index (χ3n) is 3.32. The van der Waals surface area contributed by atoms with Crippen molar-refractivity contribution in [2.24, 2.45) is 5.92 Å². The van der Waals surface area contributed by atoms with Gasteiger partial charge < -0.3 is 14.8 Å². The van der Waals surface area contributed by atoms with Crippen molar-refractivity contribution in [1.29, 1.82) is 0 Å². The van der Waals surface area contributed by atoms with Crippen molar-refractivity contribution in [2.75, 3.05) is 33.4 Å². The average molecular weight is 271 g/mol. The van der Waals surface area contributed by atoms with Gasteiger partial charge in [-0.3, -0.25) is 0 Å². The van der Waals surface area contributed by atoms with Crippen molar-refractivity contribution >= 4 is 0 Å². The van der Waals surface area contributed by atoms with E-state index in [1.807, 2.05) is 0 Å². The van der Waals surface area contributed by atoms with E-state index in [2.05, 4.69) is 5.32 Å². The molecule has 2 unspecified atom stereocenters. The summed E-state index contributed by atoms with van der Waals surface area (Å²) < 4.78 is 37.0. The number of hydrogen-bond donors (Lipinski definition) is 1. The van der Waals surface area contributed by atoms with Gasteiger partial charge in [0.05, 0.1) is 12.7 Å². The second kappa shape index (κ2) is 6.93. The predicted molar refractivity (Wildman–Crippen MR) is 67.9 cm³/mol. The number of nitrogens with one attached hydrogen (secondary N) is 1. The van der Waals surface area contributed by atoms with Crippen molar-refractivity contribution in [1.82, 2.24) is 5.32 Å². The number of rotatable bonds is 6. The fourth-order valence-corrected chi connectivity index (χ4v) is 2.41. The molecular weight excluding hydrogens is 252 g/mol. The molecule has 5 heteroatoms. The van der Waals surface area contributed by atoms with Gasteiger partial charge in [-0.1, -0.05) is 0 Å². The molecule has 1 fully saturated rings. The van der Waals surface area contributed by atoms with Crippen LogP contribution in [0, 0.1) is 17.6 Å². The van der Waals surface area contributed by atoms with Crippen molar-refractivity contribution < 1.29 is 18.3 Å². The SMILES string of the molecule is COCCNCC1CCOC1c1cc(F)cc(F)c1. The molecule has 1 aromatic rings. The molecule has 1 aromatic carbocycles. The summed E-state index contributed by atoms with van der Waals surface area (Å²) in [5.41, 5.74) is 0.577. The van der Waals surface area contributed by atoms with Gasteiger partial charge in [-0.25, -0.2) is 8.78 Å². The van der Waals surface area contributed by atoms with E-state index in [-0.39, 0.29) is 12.0 Å². The van der Waals surface area contributed by atoms with E-state index in [0.717, 1.165) is 25.6 Å². The van der Waals surface area contributed by atoms with E-state index in [1.165, 1.54) is 12.1 Å². The molecule has 0 spiro atoms. The molecule has 2 rings (SSSR count). The molecule has 3 nitrogen and oxygen atoms in total. The van der Waals surface area contributed by atoms with Crippen LogP contribution in [0.25, 0.3) is 0 Å². The van der Waals surface area contributed by atoms with Gasteiger partial charge in [0, 0.05) is 38.8 Å². The maximum absolute atomic E-state index is 13.2. The highest BCUT2D eigenvalue weighted by molar-refractivity contribution is 5.21. The maximum Gasteiger partial charge on any atom is 0.126 e. The van der Waals surface area contributed by atoms with Gasteiger partial charge in [-0.2, -0.15) is 0 Å². The third kappa shape index (κ3) is 3.96. The second-order valence-corrected chi connectivity index (χ2v) is 4.74. The summed E-state index contributed by atoms with van der Waals surface area (Å²) in [6, 6.07) is 3.58. The van der Waals surface area contributed by atoms with Crippen LogP contribution in [-0.2, 0) is 9.47 Å². The first kappa shape index (κ1) is 14.4. The Kier molecular flexibility index (Phi) is 5.24. The average Bonchev–Trinajstić information content (AvgIpc) is 2.82. The van der Waals surface area contributed by atoms with Crippen molar-refractivity contribution in [3.8, 4) is 0 Å². The minimum Gasteiger partial charge on any atom is -0.383 e. The fraction of sp³-hybridized carbons (Fsp3) is 0.571. The van der Waals surface area contributed by atoms with Crippen LogP contribution in [0.1, 0.15) is 18.1 Å². The lowest BCUT2D eigenvalue weighted by Gasteiger charge is -2.19. The summed E-state index contributed by atoms with van der Waals surface area (Å²) >= 11 is 0. The minimum atomic E-state index is -0.559. The van der Waals surface area contributed by atoms with Crippen LogP contribution in [0.5, 0.6) is 0 Å². The Labute approximate surface area is 111 Å². The highest BCUT2D eigenvalue weighted by Crippen LogP contribution is 2.34. The number of methoxy groups -OCH3 is 1. The van der Waals surface area contributed by atoms with Crippen LogP contribution in [-0.4, -0.2) is 33.4 Å². The molecule has 1 N–H and O–H groups in total. The molecular formula is C14H19F2NO2. The number of halogens is 2. The zero-order valence-corrected chi connectivity index (χ0v) is 11.0. The molecule has 2 atom stereocenters. The Morgan fingerprint density at radius 1 is 1.32 bits per heavy atom. The normalized spacial score (nSPS) is 22.9. The van der Waals surface area contributed by atoms with Gasteiger partial charge in [-0.15, -0.1) is 0 Å². The van der Waals surface area contributed by atoms with Gasteiger partial charge >= 0.3 is 0 Å². The Morgan fingerprint density at radius 2 is 2.05 bits per heavy atom. The van der Waals surface area contributed by atoms with Crippen molar-refractivity contribution in [3.63, 3.8) is 0 Å². The fourth-order valence-electron chi connectivity index (χ4n) is 2.41. The second-order valence-electron chi connectivity index (χ2n) is 4.74. The standard InChI is InChI=1S/C14H19F2NO2/c1-18-5-3-17-9-10-2-4-19-14(10)11-6-12(15)8-13(16)7-11/h6-8,10,14,17H,2-5,9H2,1H3. The van der Waals surface area contributed by atoms with Crippen LogP contribution < -0.4 is 5.32 Å². The Bertz CT molecular complexity index is 394. The van der Waals surface area contributed by atoms with Crippen LogP contribution in [0.2, 0.25) is 0 Å². The first-order chi connectivity index (χ1) is 9.20. The van der Waals surface area contributed by atoms with Crippen LogP contribution in [0.4, 0.5) is 8.78 Å². The molecule has 0 radical (unpaired) electrons. The van der Waals surface area contributed by atoms with Crippen LogP contribution in [0.15, 0.2) is 18.2 Å². The summed E-state index contributed by atoms with van der Waals surface area (Å²) in [4.78, 5) is 0. The molecule has 0 aliphatic carbocycles. The van der Waals surface area contributed by atoms with Crippen LogP contribution in [0.3, 0.4) is 0 Å². The maximum atomic E-state index is 13.2. The minimum absolute atomic E-state index is 0.234. The lowest BCUT2D eigenvalue weighted by molar-refractivity contribution is 0.0893. The van der Waals surface area contributed by atoms with E-state index >= 15 is 0 Å². The predicted octanol–water partition coefficient (Wildman–Crippen LogP) is 2.28. The molecule has 0 saturated carbocycles. The summed E-state index contributed by atoms with van der Waals surface area (Å²) in [5, 5.41) is 3.26. The van der Waals surface area contributed by atoms with Crippen molar-refractivity contribution in [2.45, 2.75) is 12.5 Å². The summed E-state index contributed by atoms with van der Waals surface area (Å²) in [6.45, 7) is 2.79. The van der Waals surface area contributed by atoms with E-state index in [1.54, 1.807) is 7.11 Å². The number of benzene rings is 1. The first-order valence-electron chi connectivity index (χ1n) is 6.48. The van der Waals surface area contributed by atoms with Gasteiger partial charge in [0.1, 0.15) is 11.6 Å². The smallest absolute Gasteiger partial charge is 0.126 e. The topological polar surface area (TPSA) is 30.5 Å². The first-order valence-corrected chi connectivity index (χ1v) is 6.48. The zero-order valence-electron chi connectivity index (χ0n) is 11.0. The molecule has 1 aliphatic heterocycles. The van der Waals surface area contributed by atoms with E-state index in [9.17, 15) is 8.78 Å². The van der Waals surface area contributed by atoms with E-state index < -0.39 is 11.6 Å². The third-order valence-corrected chi connectivity index (χ3v) is 3.32. The Hall–Kier alpha value is -1.04. The van der Waals surface area contributed by atoms with Gasteiger partial charge in [0.25, 0.3) is 0 Å². The Morgan fingerprint density at radius 3 is 2.74 bits per heavy atom. The van der Waals surface area contributed by atoms with Gasteiger partial charge in [0.15, 0.2) is 0 Å². The lowest BCUT2D eigenvalue weighted by atomic mass is 9.95.